The van der Waals surface area contributed by atoms with Crippen LogP contribution < -0.4 is 19.9 Å². The summed E-state index contributed by atoms with van der Waals surface area (Å²) in [6.45, 7) is 1.88. The second kappa shape index (κ2) is 5.48. The van der Waals surface area contributed by atoms with Crippen molar-refractivity contribution in [2.24, 2.45) is 0 Å². The minimum absolute atomic E-state index is 0.469. The molecule has 19 heavy (non-hydrogen) atoms. The molecule has 0 atom stereocenters. The highest BCUT2D eigenvalue weighted by Gasteiger charge is 2.14. The quantitative estimate of drug-likeness (QED) is 0.915. The van der Waals surface area contributed by atoms with Gasteiger partial charge in [-0.1, -0.05) is 6.07 Å². The van der Waals surface area contributed by atoms with Gasteiger partial charge in [-0.25, -0.2) is 4.98 Å². The number of rotatable bonds is 4. The molecule has 5 heteroatoms. The molecule has 0 fully saturated rings. The Morgan fingerprint density at radius 3 is 2.26 bits per heavy atom. The average Bonchev–Trinajstić information content (AvgIpc) is 2.42. The summed E-state index contributed by atoms with van der Waals surface area (Å²) in [6.07, 6.45) is 1.55. The van der Waals surface area contributed by atoms with Gasteiger partial charge in [0.05, 0.1) is 26.1 Å². The number of methoxy groups -OCH3 is 2. The van der Waals surface area contributed by atoms with Crippen molar-refractivity contribution in [2.45, 2.75) is 6.92 Å². The fourth-order valence-electron chi connectivity index (χ4n) is 1.71. The predicted molar refractivity (Wildman–Crippen MR) is 73.0 cm³/mol. The van der Waals surface area contributed by atoms with Gasteiger partial charge in [0, 0.05) is 5.56 Å². The van der Waals surface area contributed by atoms with Crippen LogP contribution in [-0.4, -0.2) is 19.2 Å². The number of hydrogen-bond donors (Lipinski definition) is 1. The second-order valence-corrected chi connectivity index (χ2v) is 3.98. The van der Waals surface area contributed by atoms with Crippen LogP contribution in [-0.2, 0) is 0 Å². The molecule has 2 N–H and O–H groups in total. The van der Waals surface area contributed by atoms with Gasteiger partial charge in [0.25, 0.3) is 0 Å². The van der Waals surface area contributed by atoms with Gasteiger partial charge in [-0.05, 0) is 25.1 Å². The molecule has 100 valence electrons. The topological polar surface area (TPSA) is 66.6 Å². The van der Waals surface area contributed by atoms with Crippen LogP contribution in [0.25, 0.3) is 0 Å². The van der Waals surface area contributed by atoms with Gasteiger partial charge in [-0.3, -0.25) is 0 Å². The summed E-state index contributed by atoms with van der Waals surface area (Å²) in [6, 6.07) is 7.22. The molecule has 0 aliphatic carbocycles. The first kappa shape index (κ1) is 13.0. The van der Waals surface area contributed by atoms with Crippen molar-refractivity contribution in [3.63, 3.8) is 0 Å². The van der Waals surface area contributed by atoms with E-state index in [2.05, 4.69) is 4.98 Å². The first-order valence-corrected chi connectivity index (χ1v) is 5.76. The average molecular weight is 260 g/mol. The normalized spacial score (nSPS) is 10.1. The SMILES string of the molecule is COc1cccc(OC)c1Oc1ncc(N)cc1C. The van der Waals surface area contributed by atoms with E-state index >= 15 is 0 Å². The van der Waals surface area contributed by atoms with E-state index in [4.69, 9.17) is 19.9 Å². The number of nitrogens with two attached hydrogens (primary N) is 1. The van der Waals surface area contributed by atoms with Crippen molar-refractivity contribution in [2.75, 3.05) is 20.0 Å². The lowest BCUT2D eigenvalue weighted by molar-refractivity contribution is 0.341. The second-order valence-electron chi connectivity index (χ2n) is 3.98. The summed E-state index contributed by atoms with van der Waals surface area (Å²) >= 11 is 0. The van der Waals surface area contributed by atoms with E-state index in [1.807, 2.05) is 13.0 Å². The van der Waals surface area contributed by atoms with Gasteiger partial charge in [-0.2, -0.15) is 0 Å². The number of para-hydroxylation sites is 1. The minimum atomic E-state index is 0.469. The van der Waals surface area contributed by atoms with Crippen LogP contribution in [0.4, 0.5) is 5.69 Å². The van der Waals surface area contributed by atoms with E-state index in [0.29, 0.717) is 28.8 Å². The molecule has 0 amide bonds. The Morgan fingerprint density at radius 2 is 1.74 bits per heavy atom. The number of hydrogen-bond acceptors (Lipinski definition) is 5. The number of benzene rings is 1. The molecule has 0 aliphatic heterocycles. The van der Waals surface area contributed by atoms with Crippen molar-refractivity contribution >= 4 is 5.69 Å². The van der Waals surface area contributed by atoms with Crippen molar-refractivity contribution in [3.8, 4) is 23.1 Å². The third-order valence-electron chi connectivity index (χ3n) is 2.63. The van der Waals surface area contributed by atoms with Crippen molar-refractivity contribution < 1.29 is 14.2 Å². The molecule has 5 nitrogen and oxygen atoms in total. The maximum absolute atomic E-state index is 5.79. The number of ether oxygens (including phenoxy) is 3. The van der Waals surface area contributed by atoms with Crippen LogP contribution in [0.3, 0.4) is 0 Å². The van der Waals surface area contributed by atoms with Gasteiger partial charge >= 0.3 is 0 Å². The third kappa shape index (κ3) is 2.70. The molecule has 0 bridgehead atoms. The standard InChI is InChI=1S/C14H16N2O3/c1-9-7-10(15)8-16-14(9)19-13-11(17-2)5-4-6-12(13)18-3/h4-8H,15H2,1-3H3. The van der Waals surface area contributed by atoms with Gasteiger partial charge in [0.15, 0.2) is 11.5 Å². The molecule has 1 aromatic carbocycles. The number of nitrogen functional groups attached to an aromatic ring is 1. The fourth-order valence-corrected chi connectivity index (χ4v) is 1.71. The van der Waals surface area contributed by atoms with Crippen molar-refractivity contribution in [1.29, 1.82) is 0 Å². The van der Waals surface area contributed by atoms with Crippen LogP contribution in [0, 0.1) is 6.92 Å². The molecular weight excluding hydrogens is 244 g/mol. The van der Waals surface area contributed by atoms with Crippen LogP contribution in [0.15, 0.2) is 30.5 Å². The predicted octanol–water partition coefficient (Wildman–Crippen LogP) is 2.78. The Kier molecular flexibility index (Phi) is 3.75. The van der Waals surface area contributed by atoms with E-state index in [0.717, 1.165) is 5.56 Å². The molecule has 0 saturated heterocycles. The lowest BCUT2D eigenvalue weighted by Crippen LogP contribution is -1.98. The molecule has 2 aromatic rings. The largest absolute Gasteiger partial charge is 0.493 e. The van der Waals surface area contributed by atoms with Gasteiger partial charge in [0.1, 0.15) is 0 Å². The lowest BCUT2D eigenvalue weighted by Gasteiger charge is -2.14. The van der Waals surface area contributed by atoms with Crippen LogP contribution in [0.5, 0.6) is 23.1 Å². The molecule has 1 heterocycles. The minimum Gasteiger partial charge on any atom is -0.493 e. The van der Waals surface area contributed by atoms with Crippen molar-refractivity contribution in [1.82, 2.24) is 4.98 Å². The Morgan fingerprint density at radius 1 is 1.11 bits per heavy atom. The van der Waals surface area contributed by atoms with Crippen LogP contribution in [0.1, 0.15) is 5.56 Å². The first-order valence-electron chi connectivity index (χ1n) is 5.76. The molecule has 0 unspecified atom stereocenters. The number of nitrogens with zero attached hydrogens (tertiary/aromatic N) is 1. The molecule has 0 spiro atoms. The van der Waals surface area contributed by atoms with Crippen LogP contribution in [0.2, 0.25) is 0 Å². The van der Waals surface area contributed by atoms with Gasteiger partial charge in [0.2, 0.25) is 11.6 Å². The smallest absolute Gasteiger partial charge is 0.222 e. The fraction of sp³-hybridized carbons (Fsp3) is 0.214. The zero-order valence-electron chi connectivity index (χ0n) is 11.1. The van der Waals surface area contributed by atoms with Crippen molar-refractivity contribution in [3.05, 3.63) is 36.0 Å². The Balaban J connectivity index is 2.42. The Labute approximate surface area is 111 Å². The summed E-state index contributed by atoms with van der Waals surface area (Å²) in [4.78, 5) is 4.17. The third-order valence-corrected chi connectivity index (χ3v) is 2.63. The summed E-state index contributed by atoms with van der Waals surface area (Å²) < 4.78 is 16.3. The zero-order valence-corrected chi connectivity index (χ0v) is 11.1. The van der Waals surface area contributed by atoms with E-state index in [1.165, 1.54) is 0 Å². The zero-order chi connectivity index (χ0) is 13.8. The highest BCUT2D eigenvalue weighted by molar-refractivity contribution is 5.53. The maximum atomic E-state index is 5.79. The van der Waals surface area contributed by atoms with E-state index < -0.39 is 0 Å². The lowest BCUT2D eigenvalue weighted by atomic mass is 10.2. The summed E-state index contributed by atoms with van der Waals surface area (Å²) in [5.74, 6) is 2.12. The molecule has 0 saturated carbocycles. The van der Waals surface area contributed by atoms with E-state index in [1.54, 1.807) is 38.6 Å². The molecule has 0 radical (unpaired) electrons. The molecule has 1 aromatic heterocycles. The Hall–Kier alpha value is -2.43. The number of pyridine rings is 1. The number of aryl methyl sites for hydroxylation is 1. The van der Waals surface area contributed by atoms with E-state index in [9.17, 15) is 0 Å². The summed E-state index contributed by atoms with van der Waals surface area (Å²) in [5.41, 5.74) is 7.10. The monoisotopic (exact) mass is 260 g/mol. The molecule has 2 rings (SSSR count). The maximum Gasteiger partial charge on any atom is 0.222 e. The Bertz CT molecular complexity index is 563. The molecular formula is C14H16N2O3. The number of aromatic nitrogens is 1. The van der Waals surface area contributed by atoms with Crippen LogP contribution >= 0.6 is 0 Å². The molecule has 0 aliphatic rings. The highest BCUT2D eigenvalue weighted by Crippen LogP contribution is 2.40. The number of anilines is 1. The highest BCUT2D eigenvalue weighted by atomic mass is 16.5. The van der Waals surface area contributed by atoms with Gasteiger partial charge < -0.3 is 19.9 Å². The first-order chi connectivity index (χ1) is 9.15. The van der Waals surface area contributed by atoms with E-state index in [-0.39, 0.29) is 0 Å². The summed E-state index contributed by atoms with van der Waals surface area (Å²) in [7, 11) is 3.15. The summed E-state index contributed by atoms with van der Waals surface area (Å²) in [5, 5.41) is 0. The van der Waals surface area contributed by atoms with Gasteiger partial charge in [-0.15, -0.1) is 0 Å².